The van der Waals surface area contributed by atoms with Gasteiger partial charge in [-0.25, -0.2) is 0 Å². The van der Waals surface area contributed by atoms with Gasteiger partial charge in [-0.1, -0.05) is 12.2 Å². The minimum absolute atomic E-state index is 0.0115. The standard InChI is InChI=1S/C10H13NO2/c12-4-7-8-5-1-2-6(3-5)9(8)10(13)11-7/h1-2,5-9,12H,3-4H2,(H,11,13)/t5-,6+,7-,8-,9-/m1/s1. The summed E-state index contributed by atoms with van der Waals surface area (Å²) in [7, 11) is 0. The highest BCUT2D eigenvalue weighted by atomic mass is 16.3. The lowest BCUT2D eigenvalue weighted by molar-refractivity contribution is -0.123. The van der Waals surface area contributed by atoms with Crippen LogP contribution in [0.5, 0.6) is 0 Å². The number of aliphatic hydroxyl groups is 1. The molecule has 3 rings (SSSR count). The first kappa shape index (κ1) is 7.56. The van der Waals surface area contributed by atoms with Gasteiger partial charge in [-0.05, 0) is 24.2 Å². The van der Waals surface area contributed by atoms with Crippen molar-refractivity contribution in [1.82, 2.24) is 5.32 Å². The van der Waals surface area contributed by atoms with Crippen molar-refractivity contribution in [1.29, 1.82) is 0 Å². The highest BCUT2D eigenvalue weighted by Gasteiger charge is 2.55. The highest BCUT2D eigenvalue weighted by molar-refractivity contribution is 5.83. The zero-order chi connectivity index (χ0) is 9.00. The number of hydrogen-bond donors (Lipinski definition) is 2. The van der Waals surface area contributed by atoms with Gasteiger partial charge in [0.15, 0.2) is 0 Å². The number of nitrogens with one attached hydrogen (secondary N) is 1. The van der Waals surface area contributed by atoms with E-state index in [0.29, 0.717) is 17.8 Å². The van der Waals surface area contributed by atoms with E-state index in [0.717, 1.165) is 6.42 Å². The van der Waals surface area contributed by atoms with Crippen molar-refractivity contribution in [2.24, 2.45) is 23.7 Å². The molecule has 2 N–H and O–H groups in total. The van der Waals surface area contributed by atoms with Gasteiger partial charge in [-0.2, -0.15) is 0 Å². The zero-order valence-electron chi connectivity index (χ0n) is 7.31. The van der Waals surface area contributed by atoms with Gasteiger partial charge in [-0.15, -0.1) is 0 Å². The number of aliphatic hydroxyl groups excluding tert-OH is 1. The topological polar surface area (TPSA) is 49.3 Å². The molecule has 2 aliphatic carbocycles. The van der Waals surface area contributed by atoms with Crippen LogP contribution in [0.2, 0.25) is 0 Å². The minimum Gasteiger partial charge on any atom is -0.394 e. The molecular weight excluding hydrogens is 166 g/mol. The van der Waals surface area contributed by atoms with Crippen LogP contribution in [0.4, 0.5) is 0 Å². The lowest BCUT2D eigenvalue weighted by Crippen LogP contribution is -2.34. The molecule has 3 nitrogen and oxygen atoms in total. The fraction of sp³-hybridized carbons (Fsp3) is 0.700. The number of fused-ring (bicyclic) bond motifs is 5. The summed E-state index contributed by atoms with van der Waals surface area (Å²) in [6, 6.07) is 0.0115. The molecule has 1 saturated carbocycles. The van der Waals surface area contributed by atoms with Crippen molar-refractivity contribution in [3.63, 3.8) is 0 Å². The van der Waals surface area contributed by atoms with Crippen molar-refractivity contribution >= 4 is 5.91 Å². The molecule has 2 fully saturated rings. The number of amides is 1. The first-order chi connectivity index (χ1) is 6.31. The van der Waals surface area contributed by atoms with Crippen LogP contribution >= 0.6 is 0 Å². The van der Waals surface area contributed by atoms with Gasteiger partial charge in [0.1, 0.15) is 0 Å². The van der Waals surface area contributed by atoms with E-state index in [1.165, 1.54) is 0 Å². The molecule has 1 heterocycles. The Morgan fingerprint density at radius 2 is 2.23 bits per heavy atom. The number of allylic oxidation sites excluding steroid dienone is 2. The monoisotopic (exact) mass is 179 g/mol. The molecule has 0 aromatic carbocycles. The van der Waals surface area contributed by atoms with Crippen molar-refractivity contribution in [3.05, 3.63) is 12.2 Å². The van der Waals surface area contributed by atoms with Gasteiger partial charge in [0, 0.05) is 5.92 Å². The summed E-state index contributed by atoms with van der Waals surface area (Å²) >= 11 is 0. The summed E-state index contributed by atoms with van der Waals surface area (Å²) in [5, 5.41) is 12.0. The maximum Gasteiger partial charge on any atom is 0.224 e. The molecule has 1 saturated heterocycles. The van der Waals surface area contributed by atoms with Crippen LogP contribution in [0.15, 0.2) is 12.2 Å². The highest BCUT2D eigenvalue weighted by Crippen LogP contribution is 2.51. The van der Waals surface area contributed by atoms with Crippen LogP contribution in [0.25, 0.3) is 0 Å². The van der Waals surface area contributed by atoms with Crippen molar-refractivity contribution in [2.45, 2.75) is 12.5 Å². The molecule has 70 valence electrons. The fourth-order valence-electron chi connectivity index (χ4n) is 3.32. The van der Waals surface area contributed by atoms with E-state index in [2.05, 4.69) is 17.5 Å². The molecule has 0 radical (unpaired) electrons. The largest absolute Gasteiger partial charge is 0.394 e. The van der Waals surface area contributed by atoms with E-state index >= 15 is 0 Å². The van der Waals surface area contributed by atoms with E-state index in [1.54, 1.807) is 0 Å². The predicted octanol–water partition coefficient (Wildman–Crippen LogP) is -0.0846. The second kappa shape index (κ2) is 2.35. The van der Waals surface area contributed by atoms with Gasteiger partial charge in [-0.3, -0.25) is 4.79 Å². The average molecular weight is 179 g/mol. The summed E-state index contributed by atoms with van der Waals surface area (Å²) in [4.78, 5) is 11.6. The number of rotatable bonds is 1. The minimum atomic E-state index is 0.0115. The van der Waals surface area contributed by atoms with Crippen molar-refractivity contribution < 1.29 is 9.90 Å². The third kappa shape index (κ3) is 0.804. The molecule has 0 aromatic heterocycles. The van der Waals surface area contributed by atoms with Crippen LogP contribution in [-0.2, 0) is 4.79 Å². The second-order valence-electron chi connectivity index (χ2n) is 4.35. The molecule has 5 atom stereocenters. The molecule has 0 unspecified atom stereocenters. The number of carbonyl (C=O) groups excluding carboxylic acids is 1. The van der Waals surface area contributed by atoms with E-state index in [9.17, 15) is 4.79 Å². The smallest absolute Gasteiger partial charge is 0.224 e. The molecule has 3 aliphatic rings. The lowest BCUT2D eigenvalue weighted by Gasteiger charge is -2.21. The lowest BCUT2D eigenvalue weighted by atomic mass is 9.82. The summed E-state index contributed by atoms with van der Waals surface area (Å²) in [5.74, 6) is 1.66. The Balaban J connectivity index is 1.97. The first-order valence-electron chi connectivity index (χ1n) is 4.91. The molecule has 1 amide bonds. The number of hydrogen-bond acceptors (Lipinski definition) is 2. The van der Waals surface area contributed by atoms with Crippen molar-refractivity contribution in [2.75, 3.05) is 6.61 Å². The second-order valence-corrected chi connectivity index (χ2v) is 4.35. The quantitative estimate of drug-likeness (QED) is 0.553. The Morgan fingerprint density at radius 3 is 3.00 bits per heavy atom. The average Bonchev–Trinajstić information content (AvgIpc) is 2.76. The molecule has 0 spiro atoms. The van der Waals surface area contributed by atoms with Crippen LogP contribution < -0.4 is 5.32 Å². The molecule has 3 heteroatoms. The van der Waals surface area contributed by atoms with Gasteiger partial charge < -0.3 is 10.4 Å². The fourth-order valence-corrected chi connectivity index (χ4v) is 3.32. The van der Waals surface area contributed by atoms with E-state index in [4.69, 9.17) is 5.11 Å². The third-order valence-corrected chi connectivity index (χ3v) is 3.81. The molecule has 0 aromatic rings. The molecule has 2 bridgehead atoms. The van der Waals surface area contributed by atoms with E-state index in [1.807, 2.05) is 0 Å². The van der Waals surface area contributed by atoms with E-state index < -0.39 is 0 Å². The zero-order valence-corrected chi connectivity index (χ0v) is 7.31. The normalized spacial score (nSPS) is 51.2. The Kier molecular flexibility index (Phi) is 1.37. The molecule has 1 aliphatic heterocycles. The third-order valence-electron chi connectivity index (χ3n) is 3.81. The Hall–Kier alpha value is -0.830. The van der Waals surface area contributed by atoms with Crippen LogP contribution in [0.1, 0.15) is 6.42 Å². The van der Waals surface area contributed by atoms with Gasteiger partial charge in [0.2, 0.25) is 5.91 Å². The van der Waals surface area contributed by atoms with Gasteiger partial charge in [0.25, 0.3) is 0 Å². The van der Waals surface area contributed by atoms with Crippen LogP contribution in [0.3, 0.4) is 0 Å². The Labute approximate surface area is 76.8 Å². The maximum atomic E-state index is 11.6. The summed E-state index contributed by atoms with van der Waals surface area (Å²) < 4.78 is 0. The van der Waals surface area contributed by atoms with Crippen LogP contribution in [-0.4, -0.2) is 23.7 Å². The van der Waals surface area contributed by atoms with Crippen LogP contribution in [0, 0.1) is 23.7 Å². The van der Waals surface area contributed by atoms with Crippen molar-refractivity contribution in [3.8, 4) is 0 Å². The Bertz CT molecular complexity index is 287. The molecule has 13 heavy (non-hydrogen) atoms. The first-order valence-corrected chi connectivity index (χ1v) is 4.91. The summed E-state index contributed by atoms with van der Waals surface area (Å²) in [5.41, 5.74) is 0. The maximum absolute atomic E-state index is 11.6. The summed E-state index contributed by atoms with van der Waals surface area (Å²) in [6.07, 6.45) is 5.51. The van der Waals surface area contributed by atoms with Gasteiger partial charge >= 0.3 is 0 Å². The molecular formula is C10H13NO2. The predicted molar refractivity (Wildman–Crippen MR) is 46.7 cm³/mol. The SMILES string of the molecule is O=C1N[C@H](CO)[C@@H]2[C@H]1[C@H]1C=C[C@@H]2C1. The van der Waals surface area contributed by atoms with E-state index in [-0.39, 0.29) is 24.5 Å². The Morgan fingerprint density at radius 1 is 1.46 bits per heavy atom. The van der Waals surface area contributed by atoms with Gasteiger partial charge in [0.05, 0.1) is 12.6 Å². The summed E-state index contributed by atoms with van der Waals surface area (Å²) in [6.45, 7) is 0.0873. The number of carbonyl (C=O) groups is 1.